The molecule has 0 radical (unpaired) electrons. The van der Waals surface area contributed by atoms with Gasteiger partial charge in [0.1, 0.15) is 12.4 Å². The van der Waals surface area contributed by atoms with Crippen molar-refractivity contribution in [3.63, 3.8) is 0 Å². The molecule has 0 saturated carbocycles. The summed E-state index contributed by atoms with van der Waals surface area (Å²) in [6.07, 6.45) is 0.330. The third-order valence-electron chi connectivity index (χ3n) is 8.53. The number of hydrogen-bond donors (Lipinski definition) is 1. The minimum absolute atomic E-state index is 0.0953. The summed E-state index contributed by atoms with van der Waals surface area (Å²) in [4.78, 5) is 28.9. The Kier molecular flexibility index (Phi) is 9.69. The zero-order valence-electron chi connectivity index (χ0n) is 26.2. The molecule has 12 nitrogen and oxygen atoms in total. The summed E-state index contributed by atoms with van der Waals surface area (Å²) < 4.78 is 16.9. The molecule has 0 aliphatic carbocycles. The van der Waals surface area contributed by atoms with Crippen LogP contribution in [0.2, 0.25) is 0 Å². The fourth-order valence-electron chi connectivity index (χ4n) is 6.33. The largest absolute Gasteiger partial charge is 0.513 e. The van der Waals surface area contributed by atoms with E-state index in [4.69, 9.17) is 13.9 Å². The van der Waals surface area contributed by atoms with Gasteiger partial charge in [-0.2, -0.15) is 0 Å². The van der Waals surface area contributed by atoms with Gasteiger partial charge in [0.05, 0.1) is 28.2 Å². The predicted octanol–water partition coefficient (Wildman–Crippen LogP) is 5.89. The highest BCUT2D eigenvalue weighted by atomic mass is 16.7. The van der Waals surface area contributed by atoms with Crippen LogP contribution in [0.25, 0.3) is 5.57 Å². The van der Waals surface area contributed by atoms with Crippen LogP contribution in [-0.2, 0) is 9.47 Å². The molecule has 1 saturated heterocycles. The quantitative estimate of drug-likeness (QED) is 0.127. The smallest absolute Gasteiger partial charge is 0.433 e. The molecule has 6 rings (SSSR count). The van der Waals surface area contributed by atoms with E-state index in [9.17, 15) is 14.9 Å². The third-order valence-corrected chi connectivity index (χ3v) is 8.53. The van der Waals surface area contributed by atoms with Gasteiger partial charge in [-0.15, -0.1) is 10.2 Å². The van der Waals surface area contributed by atoms with Gasteiger partial charge in [-0.25, -0.2) is 4.79 Å². The van der Waals surface area contributed by atoms with Crippen molar-refractivity contribution >= 4 is 17.4 Å². The van der Waals surface area contributed by atoms with Crippen LogP contribution >= 0.6 is 0 Å². The first-order valence-electron chi connectivity index (χ1n) is 15.5. The molecular weight excluding hydrogens is 600 g/mol. The number of benzene rings is 3. The first-order chi connectivity index (χ1) is 22.9. The number of nitrogens with one attached hydrogen (secondary N) is 1. The molecule has 2 aliphatic rings. The van der Waals surface area contributed by atoms with Gasteiger partial charge < -0.3 is 19.2 Å². The molecule has 0 amide bonds. The Balaban J connectivity index is 1.09. The van der Waals surface area contributed by atoms with E-state index >= 15 is 0 Å². The predicted molar refractivity (Wildman–Crippen MR) is 174 cm³/mol. The molecule has 1 unspecified atom stereocenters. The Hall–Kier alpha value is -5.33. The lowest BCUT2D eigenvalue weighted by Gasteiger charge is -2.39. The van der Waals surface area contributed by atoms with Gasteiger partial charge in [-0.05, 0) is 30.5 Å². The second-order valence-electron chi connectivity index (χ2n) is 11.5. The van der Waals surface area contributed by atoms with E-state index in [2.05, 4.69) is 73.8 Å². The Labute approximate surface area is 272 Å². The molecule has 3 aromatic carbocycles. The van der Waals surface area contributed by atoms with Crippen LogP contribution in [0, 0.1) is 10.1 Å². The van der Waals surface area contributed by atoms with Crippen LogP contribution in [0.5, 0.6) is 0 Å². The van der Waals surface area contributed by atoms with Crippen LogP contribution in [0.1, 0.15) is 48.4 Å². The zero-order chi connectivity index (χ0) is 32.8. The average molecular weight is 637 g/mol. The number of hydrogen-bond acceptors (Lipinski definition) is 11. The lowest BCUT2D eigenvalue weighted by atomic mass is 9.85. The van der Waals surface area contributed by atoms with Crippen molar-refractivity contribution in [2.45, 2.75) is 25.8 Å². The highest BCUT2D eigenvalue weighted by Crippen LogP contribution is 2.44. The number of aromatic nitrogens is 2. The SMILES string of the molecule is CC1=C(OC(=O)OCCN2CCN(C(c3ccccc3)c3ccccc3)CC2)C(c2cccc([N+](=O)[O-])c2)C(c2nnco2)=C(C)N1. The number of piperazine rings is 1. The molecule has 0 spiro atoms. The van der Waals surface area contributed by atoms with E-state index in [0.717, 1.165) is 26.2 Å². The van der Waals surface area contributed by atoms with Gasteiger partial charge in [0.2, 0.25) is 12.3 Å². The summed E-state index contributed by atoms with van der Waals surface area (Å²) in [6.45, 7) is 7.68. The Morgan fingerprint density at radius 2 is 1.66 bits per heavy atom. The second-order valence-corrected chi connectivity index (χ2v) is 11.5. The first kappa shape index (κ1) is 31.6. The van der Waals surface area contributed by atoms with E-state index in [-0.39, 0.29) is 30.0 Å². The van der Waals surface area contributed by atoms with Crippen LogP contribution in [0.4, 0.5) is 10.5 Å². The molecule has 1 fully saturated rings. The molecule has 0 bridgehead atoms. The highest BCUT2D eigenvalue weighted by Gasteiger charge is 2.36. The molecule has 242 valence electrons. The average Bonchev–Trinajstić information content (AvgIpc) is 3.62. The number of carbonyl (C=O) groups is 1. The van der Waals surface area contributed by atoms with Crippen molar-refractivity contribution in [2.75, 3.05) is 39.3 Å². The number of dihydropyridines is 1. The number of carbonyl (C=O) groups excluding carboxylic acids is 1. The molecule has 1 N–H and O–H groups in total. The van der Waals surface area contributed by atoms with E-state index in [1.165, 1.54) is 29.7 Å². The van der Waals surface area contributed by atoms with E-state index in [1.54, 1.807) is 19.1 Å². The number of non-ortho nitro benzene ring substituents is 1. The highest BCUT2D eigenvalue weighted by molar-refractivity contribution is 5.75. The monoisotopic (exact) mass is 636 g/mol. The molecule has 1 atom stereocenters. The lowest BCUT2D eigenvalue weighted by Crippen LogP contribution is -2.48. The first-order valence-corrected chi connectivity index (χ1v) is 15.5. The number of nitro groups is 1. The summed E-state index contributed by atoms with van der Waals surface area (Å²) in [5, 5.41) is 22.6. The minimum atomic E-state index is -0.868. The number of nitrogens with zero attached hydrogens (tertiary/aromatic N) is 5. The fraction of sp³-hybridized carbons (Fsp3) is 0.286. The number of ether oxygens (including phenoxy) is 2. The van der Waals surface area contributed by atoms with Gasteiger partial charge in [0.25, 0.3) is 5.69 Å². The summed E-state index contributed by atoms with van der Waals surface area (Å²) >= 11 is 0. The molecule has 4 aromatic rings. The van der Waals surface area contributed by atoms with Crippen molar-refractivity contribution in [3.05, 3.63) is 141 Å². The van der Waals surface area contributed by atoms with Crippen molar-refractivity contribution in [1.29, 1.82) is 0 Å². The maximum absolute atomic E-state index is 13.1. The van der Waals surface area contributed by atoms with Crippen LogP contribution in [0.3, 0.4) is 0 Å². The van der Waals surface area contributed by atoms with E-state index in [0.29, 0.717) is 29.1 Å². The Morgan fingerprint density at radius 3 is 2.28 bits per heavy atom. The van der Waals surface area contributed by atoms with Crippen molar-refractivity contribution < 1.29 is 23.6 Å². The van der Waals surface area contributed by atoms with Crippen molar-refractivity contribution in [2.24, 2.45) is 0 Å². The van der Waals surface area contributed by atoms with E-state index < -0.39 is 17.0 Å². The number of allylic oxidation sites excluding steroid dienone is 3. The Bertz CT molecular complexity index is 1710. The van der Waals surface area contributed by atoms with Gasteiger partial charge in [-0.1, -0.05) is 72.8 Å². The Morgan fingerprint density at radius 1 is 0.979 bits per heavy atom. The number of rotatable bonds is 10. The van der Waals surface area contributed by atoms with Crippen LogP contribution in [0.15, 0.2) is 113 Å². The van der Waals surface area contributed by atoms with Gasteiger partial charge >= 0.3 is 6.16 Å². The summed E-state index contributed by atoms with van der Waals surface area (Å²) in [6, 6.07) is 27.4. The van der Waals surface area contributed by atoms with Crippen LogP contribution in [-0.4, -0.2) is 70.4 Å². The molecule has 3 heterocycles. The van der Waals surface area contributed by atoms with Crippen molar-refractivity contribution in [3.8, 4) is 0 Å². The second kappa shape index (κ2) is 14.4. The molecule has 1 aromatic heterocycles. The number of nitro benzene ring substituents is 1. The topological polar surface area (TPSA) is 136 Å². The summed E-state index contributed by atoms with van der Waals surface area (Å²) in [5.74, 6) is -0.301. The maximum atomic E-state index is 13.1. The van der Waals surface area contributed by atoms with Gasteiger partial charge in [-0.3, -0.25) is 19.9 Å². The van der Waals surface area contributed by atoms with Crippen molar-refractivity contribution in [1.82, 2.24) is 25.3 Å². The zero-order valence-corrected chi connectivity index (χ0v) is 26.2. The van der Waals surface area contributed by atoms with E-state index in [1.807, 2.05) is 19.1 Å². The summed E-state index contributed by atoms with van der Waals surface area (Å²) in [7, 11) is 0. The third kappa shape index (κ3) is 7.24. The fourth-order valence-corrected chi connectivity index (χ4v) is 6.33. The molecule has 12 heteroatoms. The molecule has 2 aliphatic heterocycles. The standard InChI is InChI=1S/C35H36N6O6/c1-24-30(34-38-36-23-46-34)31(28-14-9-15-29(22-28)41(43)44)33(25(2)37-24)47-35(42)45-21-20-39-16-18-40(19-17-39)32(26-10-5-3-6-11-26)27-12-7-4-8-13-27/h3-15,22-23,31-32,37H,16-21H2,1-2H3. The van der Waals surface area contributed by atoms with Gasteiger partial charge in [0.15, 0.2) is 0 Å². The maximum Gasteiger partial charge on any atom is 0.513 e. The molecular formula is C35H36N6O6. The summed E-state index contributed by atoms with van der Waals surface area (Å²) in [5.41, 5.74) is 4.73. The van der Waals surface area contributed by atoms with Gasteiger partial charge in [0, 0.05) is 50.6 Å². The molecule has 47 heavy (non-hydrogen) atoms. The normalized spacial score (nSPS) is 17.5. The lowest BCUT2D eigenvalue weighted by molar-refractivity contribution is -0.384. The minimum Gasteiger partial charge on any atom is -0.433 e. The van der Waals surface area contributed by atoms with Crippen LogP contribution < -0.4 is 5.32 Å².